The number of amides is 1. The Balaban J connectivity index is 1.67. The fourth-order valence-corrected chi connectivity index (χ4v) is 3.12. The SMILES string of the molecule is CCCC1Oc2ccc(Cc3cc4ncccc4nc3C(N)=O)cc2O1. The highest BCUT2D eigenvalue weighted by Crippen LogP contribution is 2.37. The maximum absolute atomic E-state index is 11.9. The van der Waals surface area contributed by atoms with Crippen molar-refractivity contribution in [3.8, 4) is 11.5 Å². The van der Waals surface area contributed by atoms with Gasteiger partial charge in [0.25, 0.3) is 5.91 Å². The molecular weight excluding hydrogens is 330 g/mol. The zero-order chi connectivity index (χ0) is 18.1. The number of carbonyl (C=O) groups is 1. The molecule has 2 aromatic heterocycles. The summed E-state index contributed by atoms with van der Waals surface area (Å²) in [6.07, 6.45) is 3.82. The standard InChI is InChI=1S/C20H19N3O3/c1-2-4-18-25-16-7-6-12(10-17(16)26-18)9-13-11-15-14(5-3-8-22-15)23-19(13)20(21)24/h3,5-8,10-11,18H,2,4,9H2,1H3,(H2,21,24). The van der Waals surface area contributed by atoms with E-state index >= 15 is 0 Å². The number of nitrogens with two attached hydrogens (primary N) is 1. The fourth-order valence-electron chi connectivity index (χ4n) is 3.12. The van der Waals surface area contributed by atoms with Crippen molar-refractivity contribution in [3.05, 3.63) is 59.4 Å². The average Bonchev–Trinajstić information content (AvgIpc) is 3.03. The van der Waals surface area contributed by atoms with Crippen LogP contribution >= 0.6 is 0 Å². The highest BCUT2D eigenvalue weighted by molar-refractivity contribution is 5.95. The lowest BCUT2D eigenvalue weighted by atomic mass is 10.0. The third-order valence-electron chi connectivity index (χ3n) is 4.34. The smallest absolute Gasteiger partial charge is 0.267 e. The fraction of sp³-hybridized carbons (Fsp3) is 0.250. The van der Waals surface area contributed by atoms with Crippen LogP contribution in [-0.2, 0) is 6.42 Å². The number of nitrogens with zero attached hydrogens (tertiary/aromatic N) is 2. The Hall–Kier alpha value is -3.15. The van der Waals surface area contributed by atoms with Crippen LogP contribution in [0.3, 0.4) is 0 Å². The number of carbonyl (C=O) groups excluding carboxylic acids is 1. The summed E-state index contributed by atoms with van der Waals surface area (Å²) in [5, 5.41) is 0. The van der Waals surface area contributed by atoms with E-state index in [1.165, 1.54) is 0 Å². The van der Waals surface area contributed by atoms with E-state index in [2.05, 4.69) is 16.9 Å². The second-order valence-electron chi connectivity index (χ2n) is 6.31. The van der Waals surface area contributed by atoms with Gasteiger partial charge in [0.05, 0.1) is 11.0 Å². The minimum atomic E-state index is -0.547. The predicted molar refractivity (Wildman–Crippen MR) is 97.3 cm³/mol. The number of aromatic nitrogens is 2. The zero-order valence-electron chi connectivity index (χ0n) is 14.4. The molecule has 1 aliphatic heterocycles. The van der Waals surface area contributed by atoms with E-state index in [0.29, 0.717) is 11.9 Å². The number of benzene rings is 1. The van der Waals surface area contributed by atoms with Crippen molar-refractivity contribution in [1.29, 1.82) is 0 Å². The summed E-state index contributed by atoms with van der Waals surface area (Å²) < 4.78 is 11.6. The largest absolute Gasteiger partial charge is 0.451 e. The maximum Gasteiger partial charge on any atom is 0.267 e. The summed E-state index contributed by atoms with van der Waals surface area (Å²) in [5.41, 5.74) is 8.92. The lowest BCUT2D eigenvalue weighted by Crippen LogP contribution is -2.17. The summed E-state index contributed by atoms with van der Waals surface area (Å²) in [6.45, 7) is 2.09. The number of hydrogen-bond donors (Lipinski definition) is 1. The second kappa shape index (κ2) is 6.63. The van der Waals surface area contributed by atoms with Crippen LogP contribution in [0.4, 0.5) is 0 Å². The molecule has 0 saturated carbocycles. The highest BCUT2D eigenvalue weighted by Gasteiger charge is 2.23. The molecule has 26 heavy (non-hydrogen) atoms. The molecule has 0 bridgehead atoms. The number of rotatable bonds is 5. The first kappa shape index (κ1) is 16.3. The van der Waals surface area contributed by atoms with E-state index in [1.807, 2.05) is 30.3 Å². The molecule has 3 aromatic rings. The Bertz CT molecular complexity index is 987. The van der Waals surface area contributed by atoms with Gasteiger partial charge >= 0.3 is 0 Å². The summed E-state index contributed by atoms with van der Waals surface area (Å²) in [5.74, 6) is 0.934. The molecule has 1 aliphatic rings. The van der Waals surface area contributed by atoms with Crippen LogP contribution in [0, 0.1) is 0 Å². The molecule has 0 fully saturated rings. The van der Waals surface area contributed by atoms with Gasteiger partial charge in [-0.3, -0.25) is 9.78 Å². The maximum atomic E-state index is 11.9. The number of hydrogen-bond acceptors (Lipinski definition) is 5. The van der Waals surface area contributed by atoms with Gasteiger partial charge in [0, 0.05) is 12.6 Å². The molecule has 6 nitrogen and oxygen atoms in total. The van der Waals surface area contributed by atoms with Crippen LogP contribution < -0.4 is 15.2 Å². The van der Waals surface area contributed by atoms with Crippen molar-refractivity contribution in [2.75, 3.05) is 0 Å². The topological polar surface area (TPSA) is 87.3 Å². The van der Waals surface area contributed by atoms with E-state index < -0.39 is 5.91 Å². The zero-order valence-corrected chi connectivity index (χ0v) is 14.4. The average molecular weight is 349 g/mol. The Morgan fingerprint density at radius 1 is 1.15 bits per heavy atom. The first-order valence-electron chi connectivity index (χ1n) is 8.64. The van der Waals surface area contributed by atoms with Gasteiger partial charge in [0.2, 0.25) is 6.29 Å². The van der Waals surface area contributed by atoms with Gasteiger partial charge < -0.3 is 15.2 Å². The normalized spacial score (nSPS) is 15.3. The summed E-state index contributed by atoms with van der Waals surface area (Å²) in [6, 6.07) is 11.3. The molecule has 4 rings (SSSR count). The first-order valence-corrected chi connectivity index (χ1v) is 8.64. The van der Waals surface area contributed by atoms with Crippen molar-refractivity contribution in [3.63, 3.8) is 0 Å². The lowest BCUT2D eigenvalue weighted by molar-refractivity contribution is 0.0413. The van der Waals surface area contributed by atoms with Crippen molar-refractivity contribution in [1.82, 2.24) is 9.97 Å². The van der Waals surface area contributed by atoms with Gasteiger partial charge in [-0.05, 0) is 54.3 Å². The van der Waals surface area contributed by atoms with Crippen molar-refractivity contribution >= 4 is 16.9 Å². The molecule has 2 N–H and O–H groups in total. The van der Waals surface area contributed by atoms with Gasteiger partial charge in [0.15, 0.2) is 11.5 Å². The molecule has 0 saturated heterocycles. The van der Waals surface area contributed by atoms with Crippen molar-refractivity contribution < 1.29 is 14.3 Å². The molecule has 0 radical (unpaired) electrons. The van der Waals surface area contributed by atoms with Crippen LogP contribution in [0.1, 0.15) is 41.4 Å². The predicted octanol–water partition coefficient (Wildman–Crippen LogP) is 3.22. The van der Waals surface area contributed by atoms with E-state index in [0.717, 1.165) is 41.0 Å². The summed E-state index contributed by atoms with van der Waals surface area (Å²) in [4.78, 5) is 20.6. The van der Waals surface area contributed by atoms with Crippen LogP contribution in [-0.4, -0.2) is 22.2 Å². The van der Waals surface area contributed by atoms with Crippen LogP contribution in [0.2, 0.25) is 0 Å². The number of pyridine rings is 2. The number of primary amides is 1. The van der Waals surface area contributed by atoms with E-state index in [4.69, 9.17) is 15.2 Å². The molecule has 1 amide bonds. The molecule has 6 heteroatoms. The van der Waals surface area contributed by atoms with Crippen molar-refractivity contribution in [2.45, 2.75) is 32.5 Å². The molecule has 1 aromatic carbocycles. The molecule has 0 aliphatic carbocycles. The monoisotopic (exact) mass is 349 g/mol. The van der Waals surface area contributed by atoms with E-state index in [9.17, 15) is 4.79 Å². The quantitative estimate of drug-likeness (QED) is 0.764. The minimum absolute atomic E-state index is 0.224. The molecular formula is C20H19N3O3. The molecule has 1 atom stereocenters. The Morgan fingerprint density at radius 2 is 2.00 bits per heavy atom. The Kier molecular flexibility index (Phi) is 4.16. The summed E-state index contributed by atoms with van der Waals surface area (Å²) in [7, 11) is 0. The number of fused-ring (bicyclic) bond motifs is 2. The van der Waals surface area contributed by atoms with Gasteiger partial charge in [0.1, 0.15) is 5.69 Å². The molecule has 132 valence electrons. The van der Waals surface area contributed by atoms with Crippen LogP contribution in [0.15, 0.2) is 42.6 Å². The second-order valence-corrected chi connectivity index (χ2v) is 6.31. The van der Waals surface area contributed by atoms with E-state index in [1.54, 1.807) is 12.3 Å². The third kappa shape index (κ3) is 3.06. The van der Waals surface area contributed by atoms with E-state index in [-0.39, 0.29) is 12.0 Å². The van der Waals surface area contributed by atoms with Gasteiger partial charge in [-0.2, -0.15) is 0 Å². The van der Waals surface area contributed by atoms with Gasteiger partial charge in [-0.1, -0.05) is 13.0 Å². The minimum Gasteiger partial charge on any atom is -0.451 e. The van der Waals surface area contributed by atoms with Gasteiger partial charge in [-0.25, -0.2) is 4.98 Å². The van der Waals surface area contributed by atoms with Crippen molar-refractivity contribution in [2.24, 2.45) is 5.73 Å². The molecule has 3 heterocycles. The molecule has 1 unspecified atom stereocenters. The highest BCUT2D eigenvalue weighted by atomic mass is 16.7. The number of ether oxygens (including phenoxy) is 2. The third-order valence-corrected chi connectivity index (χ3v) is 4.34. The Morgan fingerprint density at radius 3 is 2.81 bits per heavy atom. The lowest BCUT2D eigenvalue weighted by Gasteiger charge is -2.09. The summed E-state index contributed by atoms with van der Waals surface area (Å²) >= 11 is 0. The first-order chi connectivity index (χ1) is 12.6. The molecule has 0 spiro atoms. The van der Waals surface area contributed by atoms with Crippen LogP contribution in [0.25, 0.3) is 11.0 Å². The van der Waals surface area contributed by atoms with Gasteiger partial charge in [-0.15, -0.1) is 0 Å². The Labute approximate surface area is 151 Å². The van der Waals surface area contributed by atoms with Crippen LogP contribution in [0.5, 0.6) is 11.5 Å².